The summed E-state index contributed by atoms with van der Waals surface area (Å²) >= 11 is 9.45. The molecule has 1 N–H and O–H groups in total. The fourth-order valence-electron chi connectivity index (χ4n) is 2.60. The Labute approximate surface area is 117 Å². The van der Waals surface area contributed by atoms with Crippen LogP contribution in [0.1, 0.15) is 38.7 Å². The molecule has 94 valence electrons. The van der Waals surface area contributed by atoms with Gasteiger partial charge in [-0.3, -0.25) is 0 Å². The number of benzene rings is 1. The zero-order valence-electron chi connectivity index (χ0n) is 10.4. The van der Waals surface area contributed by atoms with Gasteiger partial charge in [-0.1, -0.05) is 37.9 Å². The lowest BCUT2D eigenvalue weighted by Gasteiger charge is -2.28. The van der Waals surface area contributed by atoms with Crippen LogP contribution < -0.4 is 5.32 Å². The maximum absolute atomic E-state index is 5.99. The number of nitrogens with one attached hydrogen (secondary N) is 1. The molecular formula is C14H19BrClN. The molecule has 3 heteroatoms. The average molecular weight is 317 g/mol. The summed E-state index contributed by atoms with van der Waals surface area (Å²) in [7, 11) is 0. The Kier molecular flexibility index (Phi) is 4.17. The van der Waals surface area contributed by atoms with Crippen LogP contribution in [0.15, 0.2) is 22.7 Å². The topological polar surface area (TPSA) is 12.0 Å². The molecule has 17 heavy (non-hydrogen) atoms. The van der Waals surface area contributed by atoms with Crippen molar-refractivity contribution in [2.24, 2.45) is 5.41 Å². The molecule has 1 aliphatic rings. The second-order valence-corrected chi connectivity index (χ2v) is 6.82. The highest BCUT2D eigenvalue weighted by atomic mass is 79.9. The molecule has 1 nitrogen and oxygen atoms in total. The fourth-order valence-corrected chi connectivity index (χ4v) is 3.14. The molecule has 1 unspecified atom stereocenters. The van der Waals surface area contributed by atoms with Crippen LogP contribution in [-0.2, 0) is 6.54 Å². The summed E-state index contributed by atoms with van der Waals surface area (Å²) in [4.78, 5) is 0. The Morgan fingerprint density at radius 2 is 2.24 bits per heavy atom. The van der Waals surface area contributed by atoms with E-state index in [2.05, 4.69) is 47.2 Å². The van der Waals surface area contributed by atoms with Crippen LogP contribution in [0.3, 0.4) is 0 Å². The van der Waals surface area contributed by atoms with Crippen LogP contribution in [0.5, 0.6) is 0 Å². The molecule has 0 radical (unpaired) electrons. The highest BCUT2D eigenvalue weighted by Crippen LogP contribution is 2.37. The lowest BCUT2D eigenvalue weighted by molar-refractivity contribution is 0.282. The second kappa shape index (κ2) is 5.29. The molecule has 1 aliphatic carbocycles. The van der Waals surface area contributed by atoms with Gasteiger partial charge in [0.25, 0.3) is 0 Å². The molecule has 0 heterocycles. The number of hydrogen-bond donors (Lipinski definition) is 1. The predicted octanol–water partition coefficient (Wildman–Crippen LogP) is 4.77. The van der Waals surface area contributed by atoms with Crippen molar-refractivity contribution in [3.63, 3.8) is 0 Å². The van der Waals surface area contributed by atoms with Gasteiger partial charge >= 0.3 is 0 Å². The van der Waals surface area contributed by atoms with Crippen molar-refractivity contribution in [2.45, 2.75) is 45.7 Å². The van der Waals surface area contributed by atoms with Gasteiger partial charge in [0.05, 0.1) is 5.02 Å². The van der Waals surface area contributed by atoms with Crippen molar-refractivity contribution < 1.29 is 0 Å². The van der Waals surface area contributed by atoms with E-state index in [-0.39, 0.29) is 0 Å². The third-order valence-corrected chi connectivity index (χ3v) is 5.01. The van der Waals surface area contributed by atoms with Gasteiger partial charge in [0.1, 0.15) is 0 Å². The summed E-state index contributed by atoms with van der Waals surface area (Å²) in [6, 6.07) is 6.76. The lowest BCUT2D eigenvalue weighted by Crippen LogP contribution is -2.37. The van der Waals surface area contributed by atoms with Gasteiger partial charge in [-0.05, 0) is 51.9 Å². The van der Waals surface area contributed by atoms with Crippen LogP contribution in [0, 0.1) is 5.41 Å². The smallest absolute Gasteiger partial charge is 0.0548 e. The van der Waals surface area contributed by atoms with Crippen LogP contribution in [0.4, 0.5) is 0 Å². The summed E-state index contributed by atoms with van der Waals surface area (Å²) in [6.07, 6.45) is 3.96. The number of halogens is 2. The molecule has 0 aliphatic heterocycles. The maximum atomic E-state index is 5.99. The van der Waals surface area contributed by atoms with Gasteiger partial charge in [-0.25, -0.2) is 0 Å². The van der Waals surface area contributed by atoms with E-state index >= 15 is 0 Å². The van der Waals surface area contributed by atoms with Gasteiger partial charge in [0, 0.05) is 17.1 Å². The van der Waals surface area contributed by atoms with Crippen LogP contribution in [0.25, 0.3) is 0 Å². The van der Waals surface area contributed by atoms with Crippen molar-refractivity contribution in [1.29, 1.82) is 0 Å². The Hall–Kier alpha value is -0.0500. The van der Waals surface area contributed by atoms with Gasteiger partial charge in [-0.15, -0.1) is 0 Å². The summed E-state index contributed by atoms with van der Waals surface area (Å²) in [5, 5.41) is 4.44. The van der Waals surface area contributed by atoms with Crippen LogP contribution in [0.2, 0.25) is 5.02 Å². The van der Waals surface area contributed by atoms with E-state index in [1.54, 1.807) is 0 Å². The minimum absolute atomic E-state index is 0.434. The van der Waals surface area contributed by atoms with Crippen molar-refractivity contribution >= 4 is 27.5 Å². The van der Waals surface area contributed by atoms with Gasteiger partial charge in [0.15, 0.2) is 0 Å². The van der Waals surface area contributed by atoms with Crippen LogP contribution >= 0.6 is 27.5 Å². The number of rotatable bonds is 3. The van der Waals surface area contributed by atoms with Crippen molar-refractivity contribution in [3.05, 3.63) is 33.3 Å². The normalized spacial score (nSPS) is 22.9. The molecule has 0 bridgehead atoms. The van der Waals surface area contributed by atoms with E-state index < -0.39 is 0 Å². The Balaban J connectivity index is 1.96. The maximum Gasteiger partial charge on any atom is 0.0548 e. The molecule has 1 fully saturated rings. The van der Waals surface area contributed by atoms with Crippen molar-refractivity contribution in [2.75, 3.05) is 0 Å². The second-order valence-electron chi connectivity index (χ2n) is 5.56. The van der Waals surface area contributed by atoms with Gasteiger partial charge in [0.2, 0.25) is 0 Å². The van der Waals surface area contributed by atoms with E-state index in [1.807, 2.05) is 6.07 Å². The highest BCUT2D eigenvalue weighted by Gasteiger charge is 2.33. The van der Waals surface area contributed by atoms with E-state index in [9.17, 15) is 0 Å². The molecule has 1 aromatic carbocycles. The molecular weight excluding hydrogens is 298 g/mol. The summed E-state index contributed by atoms with van der Waals surface area (Å²) in [6.45, 7) is 5.63. The Morgan fingerprint density at radius 3 is 2.82 bits per heavy atom. The summed E-state index contributed by atoms with van der Waals surface area (Å²) in [5.74, 6) is 0. The Morgan fingerprint density at radius 1 is 1.47 bits per heavy atom. The summed E-state index contributed by atoms with van der Waals surface area (Å²) in [5.41, 5.74) is 1.72. The molecule has 1 saturated carbocycles. The van der Waals surface area contributed by atoms with E-state index in [0.717, 1.165) is 16.0 Å². The van der Waals surface area contributed by atoms with Crippen molar-refractivity contribution in [3.8, 4) is 0 Å². The first-order chi connectivity index (χ1) is 7.99. The van der Waals surface area contributed by atoms with E-state index in [4.69, 9.17) is 11.6 Å². The van der Waals surface area contributed by atoms with Gasteiger partial charge in [-0.2, -0.15) is 0 Å². The minimum atomic E-state index is 0.434. The highest BCUT2D eigenvalue weighted by molar-refractivity contribution is 9.10. The molecule has 1 aromatic rings. The first-order valence-corrected chi connectivity index (χ1v) is 7.33. The van der Waals surface area contributed by atoms with E-state index in [1.165, 1.54) is 24.8 Å². The first kappa shape index (κ1) is 13.4. The standard InChI is InChI=1S/C14H19BrClN/c1-14(2)7-3-4-13(14)17-9-10-5-6-12(16)11(15)8-10/h5-6,8,13,17H,3-4,7,9H2,1-2H3. The van der Waals surface area contributed by atoms with Gasteiger partial charge < -0.3 is 5.32 Å². The third kappa shape index (κ3) is 3.24. The van der Waals surface area contributed by atoms with Crippen molar-refractivity contribution in [1.82, 2.24) is 5.32 Å². The molecule has 1 atom stereocenters. The average Bonchev–Trinajstić information content (AvgIpc) is 2.60. The molecule has 0 amide bonds. The van der Waals surface area contributed by atoms with Crippen LogP contribution in [-0.4, -0.2) is 6.04 Å². The predicted molar refractivity (Wildman–Crippen MR) is 77.4 cm³/mol. The molecule has 2 rings (SSSR count). The largest absolute Gasteiger partial charge is 0.309 e. The zero-order chi connectivity index (χ0) is 12.5. The quantitative estimate of drug-likeness (QED) is 0.847. The molecule has 0 spiro atoms. The monoisotopic (exact) mass is 315 g/mol. The Bertz CT molecular complexity index is 403. The lowest BCUT2D eigenvalue weighted by atomic mass is 9.87. The first-order valence-electron chi connectivity index (χ1n) is 6.16. The SMILES string of the molecule is CC1(C)CCCC1NCc1ccc(Cl)c(Br)c1. The molecule has 0 aromatic heterocycles. The summed E-state index contributed by atoms with van der Waals surface area (Å²) < 4.78 is 0.976. The third-order valence-electron chi connectivity index (χ3n) is 3.79. The fraction of sp³-hybridized carbons (Fsp3) is 0.571. The minimum Gasteiger partial charge on any atom is -0.309 e. The number of hydrogen-bond acceptors (Lipinski definition) is 1. The molecule has 0 saturated heterocycles. The zero-order valence-corrected chi connectivity index (χ0v) is 12.7. The van der Waals surface area contributed by atoms with E-state index in [0.29, 0.717) is 11.5 Å².